The van der Waals surface area contributed by atoms with Crippen molar-refractivity contribution in [2.24, 2.45) is 5.92 Å². The zero-order valence-corrected chi connectivity index (χ0v) is 11.2. The highest BCUT2D eigenvalue weighted by Gasteiger charge is 2.09. The number of aromatic carboxylic acids is 1. The van der Waals surface area contributed by atoms with Crippen LogP contribution in [0.4, 0.5) is 5.82 Å². The van der Waals surface area contributed by atoms with Crippen molar-refractivity contribution in [2.45, 2.75) is 20.3 Å². The Hall–Kier alpha value is -2.10. The van der Waals surface area contributed by atoms with E-state index in [0.717, 1.165) is 18.8 Å². The average molecular weight is 258 g/mol. The smallest absolute Gasteiger partial charge is 0.336 e. The predicted molar refractivity (Wildman–Crippen MR) is 76.6 cm³/mol. The second kappa shape index (κ2) is 5.69. The number of rotatable bonds is 5. The van der Waals surface area contributed by atoms with E-state index in [1.165, 1.54) is 0 Å². The Morgan fingerprint density at radius 2 is 2.16 bits per heavy atom. The van der Waals surface area contributed by atoms with Crippen molar-refractivity contribution in [1.29, 1.82) is 0 Å². The number of pyridine rings is 1. The van der Waals surface area contributed by atoms with Crippen LogP contribution in [0.3, 0.4) is 0 Å². The lowest BCUT2D eigenvalue weighted by molar-refractivity contribution is 0.0699. The first-order valence-electron chi connectivity index (χ1n) is 6.48. The van der Waals surface area contributed by atoms with Crippen molar-refractivity contribution in [2.75, 3.05) is 11.9 Å². The van der Waals surface area contributed by atoms with Gasteiger partial charge in [-0.15, -0.1) is 0 Å². The van der Waals surface area contributed by atoms with Crippen LogP contribution in [-0.4, -0.2) is 22.6 Å². The van der Waals surface area contributed by atoms with Gasteiger partial charge in [-0.2, -0.15) is 0 Å². The van der Waals surface area contributed by atoms with Crippen LogP contribution in [0.25, 0.3) is 10.9 Å². The normalized spacial score (nSPS) is 12.3. The summed E-state index contributed by atoms with van der Waals surface area (Å²) in [5, 5.41) is 13.1. The van der Waals surface area contributed by atoms with Crippen molar-refractivity contribution in [3.8, 4) is 0 Å². The number of nitrogens with zero attached hydrogens (tertiary/aromatic N) is 1. The van der Waals surface area contributed by atoms with E-state index in [-0.39, 0.29) is 0 Å². The van der Waals surface area contributed by atoms with Crippen molar-refractivity contribution < 1.29 is 9.90 Å². The third-order valence-electron chi connectivity index (χ3n) is 3.29. The molecule has 0 radical (unpaired) electrons. The van der Waals surface area contributed by atoms with Gasteiger partial charge in [0.15, 0.2) is 0 Å². The minimum Gasteiger partial charge on any atom is -0.478 e. The second-order valence-corrected chi connectivity index (χ2v) is 4.77. The Labute approximate surface area is 112 Å². The number of carbonyl (C=O) groups is 1. The van der Waals surface area contributed by atoms with Crippen molar-refractivity contribution >= 4 is 22.7 Å². The van der Waals surface area contributed by atoms with Gasteiger partial charge in [-0.25, -0.2) is 9.78 Å². The predicted octanol–water partition coefficient (Wildman–Crippen LogP) is 3.39. The fourth-order valence-corrected chi connectivity index (χ4v) is 1.86. The number of hydrogen-bond donors (Lipinski definition) is 2. The molecule has 100 valence electrons. The molecule has 1 aromatic heterocycles. The molecule has 0 fully saturated rings. The maximum absolute atomic E-state index is 11.1. The molecule has 19 heavy (non-hydrogen) atoms. The van der Waals surface area contributed by atoms with Gasteiger partial charge in [0.25, 0.3) is 0 Å². The summed E-state index contributed by atoms with van der Waals surface area (Å²) in [5.74, 6) is 0.450. The largest absolute Gasteiger partial charge is 0.478 e. The van der Waals surface area contributed by atoms with E-state index in [1.807, 2.05) is 18.2 Å². The van der Waals surface area contributed by atoms with Gasteiger partial charge in [0.1, 0.15) is 5.82 Å². The van der Waals surface area contributed by atoms with Crippen LogP contribution < -0.4 is 5.32 Å². The van der Waals surface area contributed by atoms with Crippen LogP contribution in [0, 0.1) is 5.92 Å². The molecule has 4 heteroatoms. The van der Waals surface area contributed by atoms with E-state index in [0.29, 0.717) is 22.4 Å². The van der Waals surface area contributed by atoms with Crippen LogP contribution in [0.2, 0.25) is 0 Å². The average Bonchev–Trinajstić information content (AvgIpc) is 2.43. The maximum Gasteiger partial charge on any atom is 0.336 e. The van der Waals surface area contributed by atoms with Crippen molar-refractivity contribution in [3.05, 3.63) is 35.9 Å². The molecule has 0 aliphatic carbocycles. The number of hydrogen-bond acceptors (Lipinski definition) is 3. The molecule has 1 heterocycles. The highest BCUT2D eigenvalue weighted by atomic mass is 16.4. The SMILES string of the molecule is CCC(C)CNc1ccc2c(C(=O)O)cccc2n1. The molecule has 0 aliphatic rings. The third kappa shape index (κ3) is 3.02. The summed E-state index contributed by atoms with van der Waals surface area (Å²) >= 11 is 0. The molecule has 2 N–H and O–H groups in total. The van der Waals surface area contributed by atoms with Crippen molar-refractivity contribution in [1.82, 2.24) is 4.98 Å². The van der Waals surface area contributed by atoms with Crippen LogP contribution in [0.5, 0.6) is 0 Å². The molecule has 0 amide bonds. The molecule has 0 aliphatic heterocycles. The van der Waals surface area contributed by atoms with E-state index in [1.54, 1.807) is 12.1 Å². The van der Waals surface area contributed by atoms with Gasteiger partial charge in [-0.1, -0.05) is 26.3 Å². The number of anilines is 1. The first kappa shape index (κ1) is 13.3. The first-order valence-corrected chi connectivity index (χ1v) is 6.48. The number of carboxylic acid groups (broad SMARTS) is 1. The highest BCUT2D eigenvalue weighted by molar-refractivity contribution is 6.02. The molecule has 1 unspecified atom stereocenters. The zero-order valence-electron chi connectivity index (χ0n) is 11.2. The summed E-state index contributed by atoms with van der Waals surface area (Å²) in [7, 11) is 0. The Balaban J connectivity index is 2.29. The van der Waals surface area contributed by atoms with E-state index in [2.05, 4.69) is 24.1 Å². The fourth-order valence-electron chi connectivity index (χ4n) is 1.86. The topological polar surface area (TPSA) is 62.2 Å². The molecular weight excluding hydrogens is 240 g/mol. The lowest BCUT2D eigenvalue weighted by Gasteiger charge is -2.11. The van der Waals surface area contributed by atoms with Gasteiger partial charge in [-0.3, -0.25) is 0 Å². The molecule has 4 nitrogen and oxygen atoms in total. The van der Waals surface area contributed by atoms with E-state index < -0.39 is 5.97 Å². The van der Waals surface area contributed by atoms with Gasteiger partial charge in [0, 0.05) is 11.9 Å². The number of carboxylic acids is 1. The maximum atomic E-state index is 11.1. The molecule has 1 atom stereocenters. The third-order valence-corrected chi connectivity index (χ3v) is 3.29. The molecule has 0 saturated carbocycles. The summed E-state index contributed by atoms with van der Waals surface area (Å²) in [6.07, 6.45) is 1.11. The monoisotopic (exact) mass is 258 g/mol. The lowest BCUT2D eigenvalue weighted by Crippen LogP contribution is -2.11. The van der Waals surface area contributed by atoms with Crippen molar-refractivity contribution in [3.63, 3.8) is 0 Å². The number of nitrogens with one attached hydrogen (secondary N) is 1. The standard InChI is InChI=1S/C15H18N2O2/c1-3-10(2)9-16-14-8-7-11-12(15(18)19)5-4-6-13(11)17-14/h4-8,10H,3,9H2,1-2H3,(H,16,17)(H,18,19). The summed E-state index contributed by atoms with van der Waals surface area (Å²) in [6, 6.07) is 8.79. The minimum atomic E-state index is -0.923. The molecular formula is C15H18N2O2. The van der Waals surface area contributed by atoms with Crippen LogP contribution in [0.1, 0.15) is 30.6 Å². The molecule has 2 rings (SSSR count). The minimum absolute atomic E-state index is 0.290. The lowest BCUT2D eigenvalue weighted by atomic mass is 10.1. The van der Waals surface area contributed by atoms with Crippen LogP contribution in [0.15, 0.2) is 30.3 Å². The van der Waals surface area contributed by atoms with Gasteiger partial charge >= 0.3 is 5.97 Å². The summed E-state index contributed by atoms with van der Waals surface area (Å²) < 4.78 is 0. The van der Waals surface area contributed by atoms with E-state index >= 15 is 0 Å². The molecule has 1 aromatic carbocycles. The summed E-state index contributed by atoms with van der Waals surface area (Å²) in [4.78, 5) is 15.6. The molecule has 2 aromatic rings. The first-order chi connectivity index (χ1) is 9.11. The number of benzene rings is 1. The second-order valence-electron chi connectivity index (χ2n) is 4.77. The Morgan fingerprint density at radius 1 is 1.37 bits per heavy atom. The number of fused-ring (bicyclic) bond motifs is 1. The fraction of sp³-hybridized carbons (Fsp3) is 0.333. The summed E-state index contributed by atoms with van der Waals surface area (Å²) in [6.45, 7) is 5.20. The molecule has 0 bridgehead atoms. The highest BCUT2D eigenvalue weighted by Crippen LogP contribution is 2.19. The zero-order chi connectivity index (χ0) is 13.8. The van der Waals surface area contributed by atoms with E-state index in [9.17, 15) is 4.79 Å². The number of aromatic nitrogens is 1. The van der Waals surface area contributed by atoms with Gasteiger partial charge in [0.2, 0.25) is 0 Å². The Bertz CT molecular complexity index is 596. The van der Waals surface area contributed by atoms with Gasteiger partial charge in [0.05, 0.1) is 11.1 Å². The van der Waals surface area contributed by atoms with Crippen LogP contribution in [-0.2, 0) is 0 Å². The van der Waals surface area contributed by atoms with Crippen LogP contribution >= 0.6 is 0 Å². The van der Waals surface area contributed by atoms with Gasteiger partial charge in [-0.05, 0) is 30.2 Å². The summed E-state index contributed by atoms with van der Waals surface area (Å²) in [5.41, 5.74) is 0.993. The Kier molecular flexibility index (Phi) is 4.00. The quantitative estimate of drug-likeness (QED) is 0.863. The molecule has 0 saturated heterocycles. The molecule has 0 spiro atoms. The van der Waals surface area contributed by atoms with E-state index in [4.69, 9.17) is 5.11 Å². The Morgan fingerprint density at radius 3 is 2.84 bits per heavy atom. The van der Waals surface area contributed by atoms with Gasteiger partial charge < -0.3 is 10.4 Å².